The first-order chi connectivity index (χ1) is 12.0. The summed E-state index contributed by atoms with van der Waals surface area (Å²) in [4.78, 5) is 25.0. The molecule has 1 aliphatic heterocycles. The number of ether oxygens (including phenoxy) is 1. The summed E-state index contributed by atoms with van der Waals surface area (Å²) in [6.45, 7) is 9.69. The molecule has 8 nitrogen and oxygen atoms in total. The van der Waals surface area contributed by atoms with E-state index in [1.165, 1.54) is 4.90 Å². The topological polar surface area (TPSA) is 77.6 Å². The fourth-order valence-corrected chi connectivity index (χ4v) is 2.99. The van der Waals surface area contributed by atoms with Crippen molar-refractivity contribution in [3.05, 3.63) is 29.2 Å². The molecule has 0 spiro atoms. The molecule has 25 heavy (non-hydrogen) atoms. The van der Waals surface area contributed by atoms with E-state index < -0.39 is 0 Å². The molecule has 0 aromatic carbocycles. The molecule has 2 aromatic heterocycles. The first-order valence-electron chi connectivity index (χ1n) is 8.63. The van der Waals surface area contributed by atoms with Crippen LogP contribution >= 0.6 is 0 Å². The molecule has 3 heterocycles. The van der Waals surface area contributed by atoms with Gasteiger partial charge in [-0.3, -0.25) is 0 Å². The number of hydrogen-bond donors (Lipinski definition) is 1. The Morgan fingerprint density at radius 2 is 2.04 bits per heavy atom. The van der Waals surface area contributed by atoms with Gasteiger partial charge >= 0.3 is 5.97 Å². The van der Waals surface area contributed by atoms with Gasteiger partial charge in [0.2, 0.25) is 0 Å². The van der Waals surface area contributed by atoms with Gasteiger partial charge in [-0.25, -0.2) is 14.5 Å². The second-order valence-corrected chi connectivity index (χ2v) is 6.41. The molecular weight excluding hydrogens is 320 g/mol. The van der Waals surface area contributed by atoms with Gasteiger partial charge in [-0.1, -0.05) is 0 Å². The first kappa shape index (κ1) is 17.3. The minimum absolute atomic E-state index is 0.324. The second-order valence-electron chi connectivity index (χ2n) is 6.41. The van der Waals surface area contributed by atoms with E-state index in [1.54, 1.807) is 17.8 Å². The van der Waals surface area contributed by atoms with Crippen molar-refractivity contribution in [1.82, 2.24) is 19.7 Å². The monoisotopic (exact) mass is 345 g/mol. The van der Waals surface area contributed by atoms with Gasteiger partial charge in [0.15, 0.2) is 0 Å². The number of aromatic nitrogens is 4. The van der Waals surface area contributed by atoms with Crippen LogP contribution in [-0.4, -0.2) is 65.6 Å². The van der Waals surface area contributed by atoms with Crippen LogP contribution in [-0.2, 0) is 4.74 Å². The fourth-order valence-electron chi connectivity index (χ4n) is 2.99. The summed E-state index contributed by atoms with van der Waals surface area (Å²) in [5, 5.41) is 4.44. The quantitative estimate of drug-likeness (QED) is 0.773. The van der Waals surface area contributed by atoms with Crippen LogP contribution in [0, 0.1) is 13.8 Å². The standard InChI is InChI=1S/C17H24N6O2/c1-5-25-16(24)14-11-18-17(23-13(3)10-12(2)20-23)19-15(14)22-8-6-21(4)7-9-22/h10-11H,5-9H2,1-4H3/p+1. The molecule has 0 atom stereocenters. The van der Waals surface area contributed by atoms with Crippen molar-refractivity contribution in [3.63, 3.8) is 0 Å². The molecule has 2 aromatic rings. The summed E-state index contributed by atoms with van der Waals surface area (Å²) < 4.78 is 6.88. The average Bonchev–Trinajstić information content (AvgIpc) is 2.93. The van der Waals surface area contributed by atoms with Crippen LogP contribution in [0.2, 0.25) is 0 Å². The number of rotatable bonds is 4. The van der Waals surface area contributed by atoms with Gasteiger partial charge in [-0.2, -0.15) is 10.1 Å². The maximum atomic E-state index is 12.3. The van der Waals surface area contributed by atoms with Crippen molar-refractivity contribution in [2.24, 2.45) is 0 Å². The average molecular weight is 345 g/mol. The normalized spacial score (nSPS) is 15.4. The summed E-state index contributed by atoms with van der Waals surface area (Å²) in [6.07, 6.45) is 1.55. The lowest BCUT2D eigenvalue weighted by Crippen LogP contribution is -3.12. The molecule has 1 aliphatic rings. The van der Waals surface area contributed by atoms with Gasteiger partial charge in [0.25, 0.3) is 5.95 Å². The Hall–Kier alpha value is -2.48. The van der Waals surface area contributed by atoms with E-state index in [-0.39, 0.29) is 5.97 Å². The van der Waals surface area contributed by atoms with Gasteiger partial charge in [0.05, 0.1) is 45.5 Å². The lowest BCUT2D eigenvalue weighted by Gasteiger charge is -2.31. The zero-order valence-electron chi connectivity index (χ0n) is 15.2. The molecule has 1 saturated heterocycles. The number of nitrogens with one attached hydrogen (secondary N) is 1. The fraction of sp³-hybridized carbons (Fsp3) is 0.529. The molecule has 134 valence electrons. The Labute approximate surface area is 147 Å². The number of nitrogens with zero attached hydrogens (tertiary/aromatic N) is 5. The molecule has 0 radical (unpaired) electrons. The van der Waals surface area contributed by atoms with Crippen LogP contribution in [0.5, 0.6) is 0 Å². The highest BCUT2D eigenvalue weighted by Gasteiger charge is 2.25. The number of aryl methyl sites for hydroxylation is 2. The van der Waals surface area contributed by atoms with Crippen molar-refractivity contribution >= 4 is 11.8 Å². The van der Waals surface area contributed by atoms with Gasteiger partial charge in [0, 0.05) is 11.9 Å². The molecule has 3 rings (SSSR count). The van der Waals surface area contributed by atoms with Crippen molar-refractivity contribution in [1.29, 1.82) is 0 Å². The summed E-state index contributed by atoms with van der Waals surface area (Å²) in [6, 6.07) is 1.97. The van der Waals surface area contributed by atoms with E-state index in [0.717, 1.165) is 37.6 Å². The molecule has 0 unspecified atom stereocenters. The molecule has 8 heteroatoms. The van der Waals surface area contributed by atoms with Crippen LogP contribution in [0.3, 0.4) is 0 Å². The van der Waals surface area contributed by atoms with E-state index in [4.69, 9.17) is 4.74 Å². The van der Waals surface area contributed by atoms with E-state index in [1.807, 2.05) is 19.9 Å². The molecule has 0 aliphatic carbocycles. The summed E-state index contributed by atoms with van der Waals surface area (Å²) in [7, 11) is 2.17. The predicted octanol–water partition coefficient (Wildman–Crippen LogP) is -0.209. The summed E-state index contributed by atoms with van der Waals surface area (Å²) in [5.41, 5.74) is 2.27. The third kappa shape index (κ3) is 3.63. The number of piperazine rings is 1. The van der Waals surface area contributed by atoms with Gasteiger partial charge < -0.3 is 14.5 Å². The van der Waals surface area contributed by atoms with Crippen molar-refractivity contribution in [3.8, 4) is 5.95 Å². The number of anilines is 1. The van der Waals surface area contributed by atoms with Gasteiger partial charge in [-0.05, 0) is 26.8 Å². The van der Waals surface area contributed by atoms with Gasteiger partial charge in [0.1, 0.15) is 11.4 Å². The lowest BCUT2D eigenvalue weighted by molar-refractivity contribution is -0.880. The van der Waals surface area contributed by atoms with Crippen molar-refractivity contribution < 1.29 is 14.4 Å². The van der Waals surface area contributed by atoms with E-state index in [2.05, 4.69) is 27.0 Å². The highest BCUT2D eigenvalue weighted by molar-refractivity contribution is 5.94. The Kier molecular flexibility index (Phi) is 4.98. The summed E-state index contributed by atoms with van der Waals surface area (Å²) >= 11 is 0. The number of carbonyl (C=O) groups excluding carboxylic acids is 1. The van der Waals surface area contributed by atoms with E-state index in [9.17, 15) is 4.79 Å². The molecule has 0 amide bonds. The van der Waals surface area contributed by atoms with Crippen LogP contribution in [0.25, 0.3) is 5.95 Å². The maximum absolute atomic E-state index is 12.3. The highest BCUT2D eigenvalue weighted by Crippen LogP contribution is 2.20. The largest absolute Gasteiger partial charge is 0.462 e. The Balaban J connectivity index is 2.02. The van der Waals surface area contributed by atoms with Crippen LogP contribution in [0.15, 0.2) is 12.3 Å². The van der Waals surface area contributed by atoms with Gasteiger partial charge in [-0.15, -0.1) is 0 Å². The Morgan fingerprint density at radius 3 is 2.64 bits per heavy atom. The molecule has 0 saturated carbocycles. The minimum Gasteiger partial charge on any atom is -0.462 e. The number of quaternary nitrogens is 1. The number of likely N-dealkylation sites (N-methyl/N-ethyl adjacent to an activating group) is 1. The number of hydrogen-bond acceptors (Lipinski definition) is 6. The van der Waals surface area contributed by atoms with E-state index in [0.29, 0.717) is 23.9 Å². The molecule has 0 bridgehead atoms. The number of carbonyl (C=O) groups is 1. The molecular formula is C17H25N6O2+. The highest BCUT2D eigenvalue weighted by atomic mass is 16.5. The first-order valence-corrected chi connectivity index (χ1v) is 8.63. The molecule has 1 fully saturated rings. The van der Waals surface area contributed by atoms with Crippen LogP contribution < -0.4 is 9.80 Å². The zero-order valence-corrected chi connectivity index (χ0v) is 15.2. The smallest absolute Gasteiger partial charge is 0.343 e. The Bertz CT molecular complexity index is 764. The van der Waals surface area contributed by atoms with Crippen LogP contribution in [0.1, 0.15) is 28.7 Å². The minimum atomic E-state index is -0.385. The van der Waals surface area contributed by atoms with Crippen molar-refractivity contribution in [2.45, 2.75) is 20.8 Å². The zero-order chi connectivity index (χ0) is 18.0. The summed E-state index contributed by atoms with van der Waals surface area (Å²) in [5.74, 6) is 0.715. The third-order valence-corrected chi connectivity index (χ3v) is 4.37. The molecule has 1 N–H and O–H groups in total. The SMILES string of the molecule is CCOC(=O)c1cnc(-n2nc(C)cc2C)nc1N1CC[NH+](C)CC1. The maximum Gasteiger partial charge on any atom is 0.343 e. The Morgan fingerprint density at radius 1 is 1.32 bits per heavy atom. The van der Waals surface area contributed by atoms with Crippen LogP contribution in [0.4, 0.5) is 5.82 Å². The van der Waals surface area contributed by atoms with Crippen molar-refractivity contribution in [2.75, 3.05) is 44.7 Å². The lowest BCUT2D eigenvalue weighted by atomic mass is 10.2. The third-order valence-electron chi connectivity index (χ3n) is 4.37. The number of esters is 1. The second kappa shape index (κ2) is 7.18. The van der Waals surface area contributed by atoms with E-state index >= 15 is 0 Å². The predicted molar refractivity (Wildman–Crippen MR) is 93.4 cm³/mol.